The normalized spacial score (nSPS) is 19.0. The van der Waals surface area contributed by atoms with Gasteiger partial charge in [-0.15, -0.1) is 0 Å². The highest BCUT2D eigenvalue weighted by Gasteiger charge is 2.42. The van der Waals surface area contributed by atoms with E-state index in [1.165, 1.54) is 0 Å². The number of nitrogens with one attached hydrogen (secondary N) is 1. The van der Waals surface area contributed by atoms with Crippen LogP contribution in [0.25, 0.3) is 0 Å². The smallest absolute Gasteiger partial charge is 0.303 e. The summed E-state index contributed by atoms with van der Waals surface area (Å²) in [6.45, 7) is 2.03. The number of aliphatic carboxylic acids is 1. The zero-order valence-corrected chi connectivity index (χ0v) is 21.2. The summed E-state index contributed by atoms with van der Waals surface area (Å²) in [4.78, 5) is 40.5. The second-order valence-corrected chi connectivity index (χ2v) is 9.96. The number of fused-ring (bicyclic) bond motifs is 1. The van der Waals surface area contributed by atoms with Crippen LogP contribution < -0.4 is 10.2 Å². The van der Waals surface area contributed by atoms with E-state index in [0.717, 1.165) is 16.8 Å². The van der Waals surface area contributed by atoms with Crippen LogP contribution >= 0.6 is 11.6 Å². The fourth-order valence-corrected chi connectivity index (χ4v) is 5.50. The lowest BCUT2D eigenvalue weighted by Gasteiger charge is -2.35. The zero-order valence-electron chi connectivity index (χ0n) is 20.4. The number of amides is 1. The van der Waals surface area contributed by atoms with E-state index in [9.17, 15) is 19.5 Å². The van der Waals surface area contributed by atoms with E-state index in [4.69, 9.17) is 11.6 Å². The van der Waals surface area contributed by atoms with E-state index >= 15 is 0 Å². The molecule has 2 aliphatic rings. The number of carboxylic acids is 1. The predicted molar refractivity (Wildman–Crippen MR) is 144 cm³/mol. The van der Waals surface area contributed by atoms with Crippen molar-refractivity contribution in [2.24, 2.45) is 0 Å². The highest BCUT2D eigenvalue weighted by Crippen LogP contribution is 2.48. The second-order valence-electron chi connectivity index (χ2n) is 9.55. The lowest BCUT2D eigenvalue weighted by Crippen LogP contribution is -2.38. The molecule has 0 spiro atoms. The Morgan fingerprint density at radius 1 is 0.973 bits per heavy atom. The fourth-order valence-electron chi connectivity index (χ4n) is 5.27. The van der Waals surface area contributed by atoms with Crippen LogP contribution in [0.15, 0.2) is 84.1 Å². The Kier molecular flexibility index (Phi) is 6.85. The van der Waals surface area contributed by atoms with E-state index in [0.29, 0.717) is 40.4 Å². The minimum Gasteiger partial charge on any atom is -0.481 e. The number of hydrogen-bond donors (Lipinski definition) is 2. The molecular formula is C30H27ClN2O4. The highest BCUT2D eigenvalue weighted by molar-refractivity contribution is 6.31. The van der Waals surface area contributed by atoms with Crippen LogP contribution in [-0.2, 0) is 14.4 Å². The molecule has 0 unspecified atom stereocenters. The van der Waals surface area contributed by atoms with Gasteiger partial charge in [-0.05, 0) is 48.6 Å². The summed E-state index contributed by atoms with van der Waals surface area (Å²) in [5.41, 5.74) is 5.39. The van der Waals surface area contributed by atoms with Gasteiger partial charge in [-0.1, -0.05) is 71.8 Å². The third kappa shape index (κ3) is 4.89. The van der Waals surface area contributed by atoms with Gasteiger partial charge >= 0.3 is 5.97 Å². The van der Waals surface area contributed by atoms with Crippen LogP contribution in [0, 0.1) is 6.92 Å². The zero-order chi connectivity index (χ0) is 26.1. The van der Waals surface area contributed by atoms with Crippen molar-refractivity contribution < 1.29 is 19.5 Å². The van der Waals surface area contributed by atoms with Gasteiger partial charge in [0.25, 0.3) is 0 Å². The van der Waals surface area contributed by atoms with Gasteiger partial charge in [0.2, 0.25) is 5.91 Å². The number of nitrogens with zero attached hydrogens (tertiary/aromatic N) is 1. The molecule has 0 fully saturated rings. The van der Waals surface area contributed by atoms with Gasteiger partial charge in [-0.3, -0.25) is 19.3 Å². The number of halogens is 1. The molecule has 5 rings (SSSR count). The molecule has 6 nitrogen and oxygen atoms in total. The molecule has 188 valence electrons. The Labute approximate surface area is 220 Å². The average molecular weight is 515 g/mol. The Morgan fingerprint density at radius 3 is 2.41 bits per heavy atom. The van der Waals surface area contributed by atoms with Crippen LogP contribution in [0.3, 0.4) is 0 Å². The third-order valence-electron chi connectivity index (χ3n) is 7.06. The predicted octanol–water partition coefficient (Wildman–Crippen LogP) is 6.41. The van der Waals surface area contributed by atoms with Gasteiger partial charge in [0.1, 0.15) is 0 Å². The Bertz CT molecular complexity index is 1410. The molecule has 7 heteroatoms. The number of Topliss-reactive ketones (excluding diaryl/α,β-unsaturated/α-hetero) is 1. The van der Waals surface area contributed by atoms with Crippen molar-refractivity contribution in [3.8, 4) is 0 Å². The van der Waals surface area contributed by atoms with Crippen molar-refractivity contribution in [2.45, 2.75) is 44.6 Å². The first-order valence-corrected chi connectivity index (χ1v) is 12.7. The Morgan fingerprint density at radius 2 is 1.68 bits per heavy atom. The number of carbonyl (C=O) groups is 3. The lowest BCUT2D eigenvalue weighted by atomic mass is 9.78. The summed E-state index contributed by atoms with van der Waals surface area (Å²) in [6.07, 6.45) is 0.386. The molecular weight excluding hydrogens is 488 g/mol. The van der Waals surface area contributed by atoms with Crippen LogP contribution in [-0.4, -0.2) is 22.8 Å². The number of para-hydroxylation sites is 2. The number of rotatable bonds is 5. The van der Waals surface area contributed by atoms with Crippen LogP contribution in [0.5, 0.6) is 0 Å². The van der Waals surface area contributed by atoms with Gasteiger partial charge in [0.15, 0.2) is 5.78 Å². The Balaban J connectivity index is 1.69. The summed E-state index contributed by atoms with van der Waals surface area (Å²) in [5.74, 6) is -1.51. The van der Waals surface area contributed by atoms with E-state index in [-0.39, 0.29) is 30.4 Å². The van der Waals surface area contributed by atoms with E-state index in [1.54, 1.807) is 17.0 Å². The van der Waals surface area contributed by atoms with Crippen molar-refractivity contribution >= 4 is 40.6 Å². The topological polar surface area (TPSA) is 86.7 Å². The SMILES string of the molecule is Cc1ccc([C@H]2CC(=O)C3=C(C2)Nc2ccccc2N(C(=O)CCC(=O)O)[C@H]3c2ccccc2Cl)cc1. The molecule has 1 heterocycles. The summed E-state index contributed by atoms with van der Waals surface area (Å²) >= 11 is 6.67. The lowest BCUT2D eigenvalue weighted by molar-refractivity contribution is -0.138. The maximum atomic E-state index is 13.9. The number of benzene rings is 3. The second kappa shape index (κ2) is 10.2. The first-order valence-electron chi connectivity index (χ1n) is 12.3. The number of anilines is 2. The summed E-state index contributed by atoms with van der Waals surface area (Å²) in [5, 5.41) is 13.2. The minimum atomic E-state index is -1.06. The van der Waals surface area contributed by atoms with Crippen LogP contribution in [0.4, 0.5) is 11.4 Å². The number of hydrogen-bond acceptors (Lipinski definition) is 4. The van der Waals surface area contributed by atoms with E-state index in [2.05, 4.69) is 29.6 Å². The first kappa shape index (κ1) is 24.8. The van der Waals surface area contributed by atoms with Gasteiger partial charge in [0.05, 0.1) is 23.8 Å². The number of allylic oxidation sites excluding steroid dienone is 1. The number of carboxylic acid groups (broad SMARTS) is 1. The quantitative estimate of drug-likeness (QED) is 0.410. The summed E-state index contributed by atoms with van der Waals surface area (Å²) in [6, 6.07) is 22.0. The van der Waals surface area contributed by atoms with E-state index in [1.807, 2.05) is 43.3 Å². The molecule has 0 saturated heterocycles. The van der Waals surface area contributed by atoms with Crippen molar-refractivity contribution in [3.63, 3.8) is 0 Å². The summed E-state index contributed by atoms with van der Waals surface area (Å²) < 4.78 is 0. The molecule has 2 atom stereocenters. The number of aryl methyl sites for hydroxylation is 1. The van der Waals surface area contributed by atoms with Gasteiger partial charge in [-0.25, -0.2) is 0 Å². The van der Waals surface area contributed by atoms with Crippen molar-refractivity contribution in [2.75, 3.05) is 10.2 Å². The molecule has 0 aromatic heterocycles. The number of ketones is 1. The van der Waals surface area contributed by atoms with Crippen LogP contribution in [0.2, 0.25) is 5.02 Å². The van der Waals surface area contributed by atoms with E-state index < -0.39 is 12.0 Å². The molecule has 1 aliphatic carbocycles. The molecule has 3 aromatic carbocycles. The van der Waals surface area contributed by atoms with Crippen molar-refractivity contribution in [1.29, 1.82) is 0 Å². The average Bonchev–Trinajstić information content (AvgIpc) is 3.02. The fraction of sp³-hybridized carbons (Fsp3) is 0.233. The minimum absolute atomic E-state index is 0.00679. The molecule has 1 aliphatic heterocycles. The molecule has 37 heavy (non-hydrogen) atoms. The third-order valence-corrected chi connectivity index (χ3v) is 7.40. The maximum absolute atomic E-state index is 13.9. The van der Waals surface area contributed by atoms with Gasteiger partial charge < -0.3 is 10.4 Å². The van der Waals surface area contributed by atoms with Crippen molar-refractivity contribution in [1.82, 2.24) is 0 Å². The number of carbonyl (C=O) groups excluding carboxylic acids is 2. The monoisotopic (exact) mass is 514 g/mol. The molecule has 0 bridgehead atoms. The van der Waals surface area contributed by atoms with Gasteiger partial charge in [0, 0.05) is 29.1 Å². The maximum Gasteiger partial charge on any atom is 0.303 e. The molecule has 0 saturated carbocycles. The molecule has 0 radical (unpaired) electrons. The van der Waals surface area contributed by atoms with Crippen molar-refractivity contribution in [3.05, 3.63) is 106 Å². The molecule has 1 amide bonds. The Hall–Kier alpha value is -3.90. The summed E-state index contributed by atoms with van der Waals surface area (Å²) in [7, 11) is 0. The van der Waals surface area contributed by atoms with Gasteiger partial charge in [-0.2, -0.15) is 0 Å². The molecule has 2 N–H and O–H groups in total. The standard InChI is InChI=1S/C30H27ClN2O4/c1-18-10-12-19(13-11-18)20-16-24-29(26(34)17-20)30(21-6-2-3-7-22(21)31)33(27(35)14-15-28(36)37)25-9-5-4-8-23(25)32-24/h2-13,20,30,32H,14-17H2,1H3,(H,36,37)/t20-,30+/m1/s1. The largest absolute Gasteiger partial charge is 0.481 e. The van der Waals surface area contributed by atoms with Crippen LogP contribution in [0.1, 0.15) is 54.3 Å². The first-order chi connectivity index (χ1) is 17.8. The molecule has 3 aromatic rings. The highest BCUT2D eigenvalue weighted by atomic mass is 35.5.